The molecule has 15 nitrogen and oxygen atoms in total. The number of carbonyl (C=O) groups excluding carboxylic acids is 4. The zero-order valence-electron chi connectivity index (χ0n) is 39.6. The van der Waals surface area contributed by atoms with Crippen molar-refractivity contribution in [3.63, 3.8) is 0 Å². The van der Waals surface area contributed by atoms with E-state index in [4.69, 9.17) is 19.4 Å². The molecule has 0 radical (unpaired) electrons. The average Bonchev–Trinajstić information content (AvgIpc) is 4.01. The van der Waals surface area contributed by atoms with E-state index in [0.717, 1.165) is 77.0 Å². The lowest BCUT2D eigenvalue weighted by Crippen LogP contribution is -2.66. The smallest absolute Gasteiger partial charge is 0.320 e. The van der Waals surface area contributed by atoms with Crippen LogP contribution in [0.3, 0.4) is 0 Å². The van der Waals surface area contributed by atoms with Gasteiger partial charge in [-0.3, -0.25) is 19.6 Å². The number of methoxy groups -OCH3 is 1. The molecule has 0 unspecified atom stereocenters. The zero-order chi connectivity index (χ0) is 46.4. The van der Waals surface area contributed by atoms with E-state index < -0.39 is 23.5 Å². The van der Waals surface area contributed by atoms with Gasteiger partial charge >= 0.3 is 6.03 Å². The number of rotatable bonds is 9. The molecule has 8 rings (SSSR count). The lowest BCUT2D eigenvalue weighted by atomic mass is 9.79. The summed E-state index contributed by atoms with van der Waals surface area (Å²) in [5.41, 5.74) is 8.74. The van der Waals surface area contributed by atoms with Crippen LogP contribution in [0, 0.1) is 16.7 Å². The number of hydrogen-bond acceptors (Lipinski definition) is 11. The Balaban J connectivity index is 1.17. The molecule has 4 aliphatic heterocycles. The van der Waals surface area contributed by atoms with Gasteiger partial charge in [0.15, 0.2) is 0 Å². The van der Waals surface area contributed by atoms with Crippen LogP contribution in [0.15, 0.2) is 41.9 Å². The van der Waals surface area contributed by atoms with Gasteiger partial charge in [-0.2, -0.15) is 0 Å². The maximum Gasteiger partial charge on any atom is 0.320 e. The molecule has 16 heteroatoms. The number of thiazole rings is 1. The number of likely N-dealkylation sites (tertiary alicyclic amines) is 2. The van der Waals surface area contributed by atoms with Gasteiger partial charge in [-0.15, -0.1) is 11.3 Å². The van der Waals surface area contributed by atoms with Crippen molar-refractivity contribution >= 4 is 46.4 Å². The number of pyridine rings is 1. The number of urea groups is 1. The van der Waals surface area contributed by atoms with Gasteiger partial charge in [-0.25, -0.2) is 15.2 Å². The fraction of sp³-hybridized carbons (Fsp3) is 0.592. The molecule has 2 N–H and O–H groups in total. The van der Waals surface area contributed by atoms with Crippen molar-refractivity contribution < 1.29 is 28.7 Å². The second-order valence-corrected chi connectivity index (χ2v) is 21.2. The minimum absolute atomic E-state index is 0.0544. The Hall–Kier alpha value is -4.74. The number of benzene rings is 1. The summed E-state index contributed by atoms with van der Waals surface area (Å²) < 4.78 is 14.7. The summed E-state index contributed by atoms with van der Waals surface area (Å²) in [6, 6.07) is 8.51. The number of carbonyl (C=O) groups is 4. The second-order valence-electron chi connectivity index (χ2n) is 20.2. The Kier molecular flexibility index (Phi) is 13.3. The van der Waals surface area contributed by atoms with Crippen molar-refractivity contribution in [3.05, 3.63) is 58.2 Å². The molecule has 6 bridgehead atoms. The van der Waals surface area contributed by atoms with Crippen LogP contribution in [0.4, 0.5) is 4.79 Å². The summed E-state index contributed by atoms with van der Waals surface area (Å²) in [4.78, 5) is 72.0. The molecule has 4 aromatic rings. The largest absolute Gasteiger partial charge is 0.378 e. The van der Waals surface area contributed by atoms with E-state index >= 15 is 0 Å². The van der Waals surface area contributed by atoms with E-state index in [-0.39, 0.29) is 47.8 Å². The monoisotopic (exact) mass is 909 g/mol. The molecule has 7 heterocycles. The summed E-state index contributed by atoms with van der Waals surface area (Å²) in [6.07, 6.45) is 5.18. The van der Waals surface area contributed by atoms with Crippen molar-refractivity contribution in [1.29, 1.82) is 0 Å². The molecule has 65 heavy (non-hydrogen) atoms. The molecule has 3 aromatic heterocycles. The Morgan fingerprint density at radius 2 is 1.91 bits per heavy atom. The highest BCUT2D eigenvalue weighted by molar-refractivity contribution is 7.10. The van der Waals surface area contributed by atoms with Crippen LogP contribution in [0.25, 0.3) is 33.4 Å². The molecule has 4 atom stereocenters. The van der Waals surface area contributed by atoms with E-state index in [1.807, 2.05) is 43.3 Å². The Morgan fingerprint density at radius 1 is 1.12 bits per heavy atom. The summed E-state index contributed by atoms with van der Waals surface area (Å²) in [6.45, 7) is 17.1. The summed E-state index contributed by atoms with van der Waals surface area (Å²) in [7, 11) is 5.48. The molecule has 0 aliphatic carbocycles. The summed E-state index contributed by atoms with van der Waals surface area (Å²) >= 11 is 1.44. The Morgan fingerprint density at radius 3 is 2.62 bits per heavy atom. The molecular weight excluding hydrogens is 843 g/mol. The van der Waals surface area contributed by atoms with Gasteiger partial charge in [-0.1, -0.05) is 33.8 Å². The number of amides is 4. The number of hydrazine groups is 1. The normalized spacial score (nSPS) is 23.3. The van der Waals surface area contributed by atoms with Crippen molar-refractivity contribution in [2.24, 2.45) is 16.7 Å². The molecule has 0 saturated carbocycles. The standard InChI is InChI=1S/C49H67N9O6S/c1-10-57-39-15-14-33-21-35(39)36(43(57)34-13-11-18-50-41(34)32(4)63-9)23-47(5,6)29-64-30-49(28-59)16-12-19-58(53-49)45(61)37(22-40-51-38(33)24-65-40)52-44(60)42(31(2)3)55(8)46(62)56-20-17-48(27-56)25-54(7)26-48/h11,13-15,18,21,24,28,31-32,37,42,53H,10,12,16-17,19-20,22-23,25-27,29-30H2,1-9H3,(H,52,60)/t32-,37-,42-,49-/m0/s1. The third-order valence-electron chi connectivity index (χ3n) is 14.1. The van der Waals surface area contributed by atoms with E-state index in [1.165, 1.54) is 16.3 Å². The van der Waals surface area contributed by atoms with Gasteiger partial charge in [-0.05, 0) is 87.7 Å². The lowest BCUT2D eigenvalue weighted by Gasteiger charge is -2.46. The van der Waals surface area contributed by atoms with Crippen LogP contribution in [0.2, 0.25) is 0 Å². The molecule has 4 aliphatic rings. The molecular formula is C49H67N9O6S. The number of nitrogens with one attached hydrogen (secondary N) is 2. The van der Waals surface area contributed by atoms with Crippen LogP contribution in [0.1, 0.15) is 83.2 Å². The van der Waals surface area contributed by atoms with Gasteiger partial charge in [0.25, 0.3) is 5.91 Å². The fourth-order valence-electron chi connectivity index (χ4n) is 10.9. The van der Waals surface area contributed by atoms with Gasteiger partial charge in [0, 0.05) is 98.9 Å². The van der Waals surface area contributed by atoms with Gasteiger partial charge in [0.1, 0.15) is 23.9 Å². The lowest BCUT2D eigenvalue weighted by molar-refractivity contribution is -0.147. The highest BCUT2D eigenvalue weighted by atomic mass is 32.1. The van der Waals surface area contributed by atoms with E-state index in [9.17, 15) is 19.2 Å². The molecule has 1 spiro atoms. The maximum absolute atomic E-state index is 14.8. The average molecular weight is 910 g/mol. The van der Waals surface area contributed by atoms with Gasteiger partial charge in [0.05, 0.1) is 41.4 Å². The summed E-state index contributed by atoms with van der Waals surface area (Å²) in [5, 5.41) is 8.34. The Labute approximate surface area is 387 Å². The number of aldehydes is 1. The van der Waals surface area contributed by atoms with Crippen LogP contribution < -0.4 is 10.7 Å². The third kappa shape index (κ3) is 9.21. The minimum atomic E-state index is -1.16. The quantitative estimate of drug-likeness (QED) is 0.193. The highest BCUT2D eigenvalue weighted by Gasteiger charge is 2.49. The van der Waals surface area contributed by atoms with Crippen molar-refractivity contribution in [2.45, 2.75) is 104 Å². The van der Waals surface area contributed by atoms with Crippen LogP contribution >= 0.6 is 11.3 Å². The molecule has 3 fully saturated rings. The number of ether oxygens (including phenoxy) is 2. The van der Waals surface area contributed by atoms with E-state index in [1.54, 1.807) is 19.1 Å². The second kappa shape index (κ2) is 18.5. The van der Waals surface area contributed by atoms with Gasteiger partial charge in [0.2, 0.25) is 5.91 Å². The van der Waals surface area contributed by atoms with Crippen LogP contribution in [-0.4, -0.2) is 143 Å². The Bertz CT molecular complexity index is 2420. The predicted octanol–water partition coefficient (Wildman–Crippen LogP) is 5.96. The van der Waals surface area contributed by atoms with Crippen LogP contribution in [0.5, 0.6) is 0 Å². The SMILES string of the molecule is CCn1c(-c2cccnc2[C@H](C)OC)c2c3cc(ccc31)-c1csc(n1)C[C@H](NC(=O)[C@H](C(C)C)N(C)C(=O)N1CCC3(CN(C)C3)C1)C(=O)N1CCC[C@](C=O)(COCC(C)(C)C2)N1. The zero-order valence-corrected chi connectivity index (χ0v) is 40.4. The first-order chi connectivity index (χ1) is 31.0. The number of aromatic nitrogens is 3. The van der Waals surface area contributed by atoms with Crippen molar-refractivity contribution in [3.8, 4) is 22.5 Å². The number of aryl methyl sites for hydroxylation is 1. The molecule has 4 amide bonds. The van der Waals surface area contributed by atoms with E-state index in [0.29, 0.717) is 50.5 Å². The first-order valence-corrected chi connectivity index (χ1v) is 24.1. The predicted molar refractivity (Wildman–Crippen MR) is 252 cm³/mol. The van der Waals surface area contributed by atoms with Crippen LogP contribution in [-0.2, 0) is 43.2 Å². The topological polar surface area (TPSA) is 154 Å². The fourth-order valence-corrected chi connectivity index (χ4v) is 11.7. The molecule has 350 valence electrons. The van der Waals surface area contributed by atoms with Gasteiger partial charge < -0.3 is 38.9 Å². The van der Waals surface area contributed by atoms with E-state index in [2.05, 4.69) is 72.3 Å². The van der Waals surface area contributed by atoms with Crippen molar-refractivity contribution in [2.75, 3.05) is 67.1 Å². The minimum Gasteiger partial charge on any atom is -0.378 e. The molecule has 1 aromatic carbocycles. The highest BCUT2D eigenvalue weighted by Crippen LogP contribution is 2.43. The first kappa shape index (κ1) is 46.8. The number of nitrogens with zero attached hydrogens (tertiary/aromatic N) is 7. The maximum atomic E-state index is 14.8. The third-order valence-corrected chi connectivity index (χ3v) is 14.9. The number of likely N-dealkylation sites (N-methyl/N-ethyl adjacent to an activating group) is 1. The van der Waals surface area contributed by atoms with Crippen molar-refractivity contribution in [1.82, 2.24) is 45.0 Å². The molecule has 3 saturated heterocycles. The number of fused-ring (bicyclic) bond motifs is 6. The number of hydrogen-bond donors (Lipinski definition) is 2. The first-order valence-electron chi connectivity index (χ1n) is 23.2. The summed E-state index contributed by atoms with van der Waals surface area (Å²) in [5.74, 6) is -1.04.